The number of aliphatic hydroxyl groups is 1. The molecule has 0 radical (unpaired) electrons. The number of unbranched alkanes of at least 4 members (excludes halogenated alkanes) is 28. The third-order valence-corrected chi connectivity index (χ3v) is 12.3. The van der Waals surface area contributed by atoms with Crippen LogP contribution in [0.2, 0.25) is 0 Å². The Kier molecular flexibility index (Phi) is 45.9. The number of aliphatic hydroxyl groups excluding tert-OH is 1. The molecule has 376 valence electrons. The maximum absolute atomic E-state index is 12.8. The summed E-state index contributed by atoms with van der Waals surface area (Å²) in [6.45, 7) is 4.59. The van der Waals surface area contributed by atoms with Crippen molar-refractivity contribution in [2.24, 2.45) is 0 Å². The van der Waals surface area contributed by atoms with Gasteiger partial charge in [0.1, 0.15) is 12.7 Å². The van der Waals surface area contributed by atoms with E-state index in [0.717, 1.165) is 96.3 Å². The Bertz CT molecular complexity index is 1180. The first kappa shape index (κ1) is 62.0. The molecule has 0 saturated carbocycles. The smallest absolute Gasteiger partial charge is 0.462 e. The fraction of sp³-hybridized carbons (Fsp3) is 0.865. The minimum atomic E-state index is -4.73. The van der Waals surface area contributed by atoms with Gasteiger partial charge in [0.25, 0.3) is 0 Å². The number of rotatable bonds is 49. The summed E-state index contributed by atoms with van der Waals surface area (Å²) in [7, 11) is -4.73. The third kappa shape index (κ3) is 45.1. The first-order valence-corrected chi connectivity index (χ1v) is 27.7. The van der Waals surface area contributed by atoms with Gasteiger partial charge in [-0.15, -0.1) is 0 Å². The van der Waals surface area contributed by atoms with Crippen molar-refractivity contribution in [2.45, 2.75) is 264 Å². The number of ether oxygens (including phenoxy) is 3. The molecule has 0 aromatic heterocycles. The molecule has 64 heavy (non-hydrogen) atoms. The predicted octanol–water partition coefficient (Wildman–Crippen LogP) is 14.7. The maximum atomic E-state index is 12.8. The fourth-order valence-electron chi connectivity index (χ4n) is 7.29. The Labute approximate surface area is 391 Å². The molecule has 3 unspecified atom stereocenters. The second kappa shape index (κ2) is 47.5. The highest BCUT2D eigenvalue weighted by Gasteiger charge is 2.28. The van der Waals surface area contributed by atoms with Gasteiger partial charge in [0.15, 0.2) is 6.10 Å². The third-order valence-electron chi connectivity index (χ3n) is 11.3. The zero-order chi connectivity index (χ0) is 47.0. The first-order chi connectivity index (χ1) is 31.2. The van der Waals surface area contributed by atoms with E-state index in [4.69, 9.17) is 23.3 Å². The lowest BCUT2D eigenvalue weighted by Crippen LogP contribution is -2.30. The molecule has 0 amide bonds. The van der Waals surface area contributed by atoms with Gasteiger partial charge in [-0.25, -0.2) is 4.57 Å². The average Bonchev–Trinajstić information content (AvgIpc) is 3.28. The molecule has 0 bridgehead atoms. The van der Waals surface area contributed by atoms with Gasteiger partial charge in [-0.2, -0.15) is 0 Å². The Morgan fingerprint density at radius 2 is 0.719 bits per heavy atom. The van der Waals surface area contributed by atoms with Crippen molar-refractivity contribution in [2.75, 3.05) is 26.4 Å². The predicted molar refractivity (Wildman–Crippen MR) is 261 cm³/mol. The zero-order valence-electron chi connectivity index (χ0n) is 41.3. The fourth-order valence-corrected chi connectivity index (χ4v) is 8.07. The number of carbonyl (C=O) groups is 3. The van der Waals surface area contributed by atoms with Crippen LogP contribution in [-0.4, -0.2) is 66.5 Å². The van der Waals surface area contributed by atoms with E-state index in [1.54, 1.807) is 0 Å². The van der Waals surface area contributed by atoms with E-state index in [-0.39, 0.29) is 25.9 Å². The number of esters is 3. The SMILES string of the molecule is CCCCCC/C=C\CCCCCCCC(=O)OC(COC(=O)CCCCCCC/C=C\CCCCCCCC)COP(=O)(O)OCC(CO)OC(=O)CCCCCCCCCCC. The van der Waals surface area contributed by atoms with E-state index < -0.39 is 57.8 Å². The Morgan fingerprint density at radius 3 is 1.09 bits per heavy atom. The molecule has 0 aromatic carbocycles. The molecule has 0 rings (SSSR count). The molecule has 0 aliphatic heterocycles. The lowest BCUT2D eigenvalue weighted by molar-refractivity contribution is -0.161. The van der Waals surface area contributed by atoms with Gasteiger partial charge in [0.2, 0.25) is 0 Å². The van der Waals surface area contributed by atoms with Crippen molar-refractivity contribution in [3.8, 4) is 0 Å². The standard InChI is InChI=1S/C52H97O11P/c1-4-7-10-13-16-19-21-23-24-26-27-30-32-35-38-41-50(54)59-45-49(63-52(56)43-40-37-34-31-28-25-22-20-17-14-11-8-5-2)47-61-64(57,58)60-46-48(44-53)62-51(55)42-39-36-33-29-18-15-12-9-6-3/h20,22-24,48-49,53H,4-19,21,25-47H2,1-3H3,(H,57,58)/b22-20-,24-23-. The zero-order valence-corrected chi connectivity index (χ0v) is 42.2. The lowest BCUT2D eigenvalue weighted by Gasteiger charge is -2.21. The van der Waals surface area contributed by atoms with Crippen molar-refractivity contribution in [1.82, 2.24) is 0 Å². The molecule has 3 atom stereocenters. The minimum Gasteiger partial charge on any atom is -0.462 e. The first-order valence-electron chi connectivity index (χ1n) is 26.2. The van der Waals surface area contributed by atoms with Crippen LogP contribution in [0.1, 0.15) is 252 Å². The monoisotopic (exact) mass is 929 g/mol. The quantitative estimate of drug-likeness (QED) is 0.0197. The molecular formula is C52H97O11P. The van der Waals surface area contributed by atoms with Crippen LogP contribution in [0.15, 0.2) is 24.3 Å². The van der Waals surface area contributed by atoms with E-state index in [9.17, 15) is 28.9 Å². The molecule has 0 aliphatic carbocycles. The van der Waals surface area contributed by atoms with Crippen molar-refractivity contribution in [1.29, 1.82) is 0 Å². The number of hydrogen-bond donors (Lipinski definition) is 2. The molecule has 0 fully saturated rings. The summed E-state index contributed by atoms with van der Waals surface area (Å²) < 4.78 is 39.3. The van der Waals surface area contributed by atoms with Gasteiger partial charge >= 0.3 is 25.7 Å². The van der Waals surface area contributed by atoms with E-state index in [2.05, 4.69) is 45.1 Å². The van der Waals surface area contributed by atoms with E-state index in [1.807, 2.05) is 0 Å². The summed E-state index contributed by atoms with van der Waals surface area (Å²) in [4.78, 5) is 48.2. The normalized spacial score (nSPS) is 13.6. The van der Waals surface area contributed by atoms with Gasteiger partial charge in [-0.1, -0.05) is 186 Å². The van der Waals surface area contributed by atoms with Gasteiger partial charge in [-0.3, -0.25) is 23.4 Å². The largest absolute Gasteiger partial charge is 0.472 e. The van der Waals surface area contributed by atoms with Gasteiger partial charge < -0.3 is 24.2 Å². The molecule has 0 saturated heterocycles. The Morgan fingerprint density at radius 1 is 0.422 bits per heavy atom. The van der Waals surface area contributed by atoms with Crippen LogP contribution in [0.4, 0.5) is 0 Å². The highest BCUT2D eigenvalue weighted by Crippen LogP contribution is 2.43. The van der Waals surface area contributed by atoms with Crippen molar-refractivity contribution < 1.29 is 52.2 Å². The van der Waals surface area contributed by atoms with Crippen molar-refractivity contribution in [3.05, 3.63) is 24.3 Å². The van der Waals surface area contributed by atoms with E-state index >= 15 is 0 Å². The summed E-state index contributed by atoms with van der Waals surface area (Å²) in [5.41, 5.74) is 0. The second-order valence-corrected chi connectivity index (χ2v) is 19.1. The van der Waals surface area contributed by atoms with Crippen LogP contribution in [0.5, 0.6) is 0 Å². The Hall–Kier alpha value is -2.04. The summed E-state index contributed by atoms with van der Waals surface area (Å²) >= 11 is 0. The molecule has 0 aliphatic rings. The molecule has 0 spiro atoms. The topological polar surface area (TPSA) is 155 Å². The molecule has 0 heterocycles. The summed E-state index contributed by atoms with van der Waals surface area (Å²) in [6.07, 6.45) is 44.4. The number of allylic oxidation sites excluding steroid dienone is 4. The van der Waals surface area contributed by atoms with Crippen LogP contribution in [-0.2, 0) is 42.2 Å². The van der Waals surface area contributed by atoms with Gasteiger partial charge in [0, 0.05) is 19.3 Å². The Balaban J connectivity index is 4.74. The highest BCUT2D eigenvalue weighted by molar-refractivity contribution is 7.47. The van der Waals surface area contributed by atoms with Crippen LogP contribution < -0.4 is 0 Å². The number of hydrogen-bond acceptors (Lipinski definition) is 10. The molecular weight excluding hydrogens is 832 g/mol. The number of phosphoric ester groups is 1. The van der Waals surface area contributed by atoms with Gasteiger partial charge in [-0.05, 0) is 70.6 Å². The molecule has 12 heteroatoms. The van der Waals surface area contributed by atoms with Gasteiger partial charge in [0.05, 0.1) is 19.8 Å². The highest BCUT2D eigenvalue weighted by atomic mass is 31.2. The summed E-state index contributed by atoms with van der Waals surface area (Å²) in [5.74, 6) is -1.47. The molecule has 2 N–H and O–H groups in total. The number of carbonyl (C=O) groups excluding carboxylic acids is 3. The lowest BCUT2D eigenvalue weighted by atomic mass is 10.1. The second-order valence-electron chi connectivity index (χ2n) is 17.7. The van der Waals surface area contributed by atoms with E-state index in [0.29, 0.717) is 19.3 Å². The summed E-state index contributed by atoms with van der Waals surface area (Å²) in [5, 5.41) is 9.74. The number of phosphoric acid groups is 1. The summed E-state index contributed by atoms with van der Waals surface area (Å²) in [6, 6.07) is 0. The van der Waals surface area contributed by atoms with Crippen LogP contribution in [0.3, 0.4) is 0 Å². The van der Waals surface area contributed by atoms with Crippen LogP contribution in [0.25, 0.3) is 0 Å². The average molecular weight is 929 g/mol. The maximum Gasteiger partial charge on any atom is 0.472 e. The molecule has 11 nitrogen and oxygen atoms in total. The minimum absolute atomic E-state index is 0.160. The van der Waals surface area contributed by atoms with Crippen LogP contribution in [0, 0.1) is 0 Å². The molecule has 0 aromatic rings. The van der Waals surface area contributed by atoms with Crippen molar-refractivity contribution >= 4 is 25.7 Å². The van der Waals surface area contributed by atoms with Crippen LogP contribution >= 0.6 is 7.82 Å². The van der Waals surface area contributed by atoms with Crippen molar-refractivity contribution in [3.63, 3.8) is 0 Å². The van der Waals surface area contributed by atoms with E-state index in [1.165, 1.54) is 96.3 Å².